The van der Waals surface area contributed by atoms with Gasteiger partial charge in [-0.25, -0.2) is 0 Å². The van der Waals surface area contributed by atoms with E-state index in [1.165, 1.54) is 10.6 Å². The maximum atomic E-state index is 9.21. The average molecular weight is 276 g/mol. The fourth-order valence-electron chi connectivity index (χ4n) is 2.75. The van der Waals surface area contributed by atoms with E-state index in [-0.39, 0.29) is 0 Å². The molecule has 2 aromatic rings. The van der Waals surface area contributed by atoms with Crippen LogP contribution in [0.15, 0.2) is 35.8 Å². The van der Waals surface area contributed by atoms with Crippen molar-refractivity contribution in [3.8, 4) is 0 Å². The monoisotopic (exact) mass is 276 g/mol. The summed E-state index contributed by atoms with van der Waals surface area (Å²) in [6.07, 6.45) is 3.29. The van der Waals surface area contributed by atoms with Gasteiger partial charge in [-0.05, 0) is 42.5 Å². The molecular weight excluding hydrogens is 256 g/mol. The summed E-state index contributed by atoms with van der Waals surface area (Å²) in [5, 5.41) is 11.3. The molecule has 1 N–H and O–H groups in total. The van der Waals surface area contributed by atoms with Crippen molar-refractivity contribution < 1.29 is 5.11 Å². The number of likely N-dealkylation sites (tertiary alicyclic amines) is 1. The topological polar surface area (TPSA) is 28.4 Å². The standard InChI is InChI=1S/C15H20N2OS/c18-12-13-5-7-16(9-13)10-14-3-1-6-17(14)11-15-4-2-8-19-15/h1-4,6,8,13,18H,5,7,9-12H2. The number of hydrogen-bond donors (Lipinski definition) is 1. The van der Waals surface area contributed by atoms with Crippen LogP contribution in [0.2, 0.25) is 0 Å². The first-order valence-electron chi connectivity index (χ1n) is 6.85. The van der Waals surface area contributed by atoms with Crippen LogP contribution in [0.5, 0.6) is 0 Å². The van der Waals surface area contributed by atoms with E-state index in [4.69, 9.17) is 0 Å². The lowest BCUT2D eigenvalue weighted by Gasteiger charge is -2.17. The first-order chi connectivity index (χ1) is 9.35. The molecule has 3 nitrogen and oxygen atoms in total. The Kier molecular flexibility index (Phi) is 4.01. The summed E-state index contributed by atoms with van der Waals surface area (Å²) in [4.78, 5) is 3.84. The summed E-state index contributed by atoms with van der Waals surface area (Å²) in [7, 11) is 0. The van der Waals surface area contributed by atoms with Gasteiger partial charge in [-0.2, -0.15) is 0 Å². The fourth-order valence-corrected chi connectivity index (χ4v) is 3.45. The van der Waals surface area contributed by atoms with Gasteiger partial charge in [0, 0.05) is 36.5 Å². The number of thiophene rings is 1. The summed E-state index contributed by atoms with van der Waals surface area (Å²) >= 11 is 1.81. The molecular formula is C15H20N2OS. The molecule has 1 fully saturated rings. The van der Waals surface area contributed by atoms with E-state index in [2.05, 4.69) is 45.3 Å². The van der Waals surface area contributed by atoms with Gasteiger partial charge >= 0.3 is 0 Å². The number of aliphatic hydroxyl groups excluding tert-OH is 1. The van der Waals surface area contributed by atoms with Crippen molar-refractivity contribution in [3.05, 3.63) is 46.4 Å². The predicted molar refractivity (Wildman–Crippen MR) is 78.3 cm³/mol. The molecule has 3 rings (SSSR count). The molecule has 1 unspecified atom stereocenters. The van der Waals surface area contributed by atoms with Crippen molar-refractivity contribution in [1.29, 1.82) is 0 Å². The van der Waals surface area contributed by atoms with Gasteiger partial charge in [-0.15, -0.1) is 11.3 Å². The number of aromatic nitrogens is 1. The Bertz CT molecular complexity index is 506. The maximum Gasteiger partial charge on any atom is 0.0566 e. The minimum Gasteiger partial charge on any atom is -0.396 e. The Morgan fingerprint density at radius 1 is 1.26 bits per heavy atom. The molecule has 0 aliphatic carbocycles. The molecule has 4 heteroatoms. The first kappa shape index (κ1) is 12.9. The Morgan fingerprint density at radius 3 is 2.95 bits per heavy atom. The van der Waals surface area contributed by atoms with Crippen LogP contribution in [-0.2, 0) is 13.1 Å². The van der Waals surface area contributed by atoms with Crippen LogP contribution < -0.4 is 0 Å². The molecule has 1 aliphatic heterocycles. The van der Waals surface area contributed by atoms with Crippen molar-refractivity contribution in [2.75, 3.05) is 19.7 Å². The lowest BCUT2D eigenvalue weighted by atomic mass is 10.1. The van der Waals surface area contributed by atoms with E-state index < -0.39 is 0 Å². The smallest absolute Gasteiger partial charge is 0.0566 e. The fraction of sp³-hybridized carbons (Fsp3) is 0.467. The third-order valence-electron chi connectivity index (χ3n) is 3.84. The van der Waals surface area contributed by atoms with Crippen LogP contribution in [0, 0.1) is 5.92 Å². The van der Waals surface area contributed by atoms with Crippen molar-refractivity contribution >= 4 is 11.3 Å². The van der Waals surface area contributed by atoms with Gasteiger partial charge in [0.25, 0.3) is 0 Å². The quantitative estimate of drug-likeness (QED) is 0.908. The molecule has 2 aromatic heterocycles. The van der Waals surface area contributed by atoms with Crippen molar-refractivity contribution in [2.45, 2.75) is 19.5 Å². The first-order valence-corrected chi connectivity index (χ1v) is 7.72. The lowest BCUT2D eigenvalue weighted by Crippen LogP contribution is -2.22. The lowest BCUT2D eigenvalue weighted by molar-refractivity contribution is 0.219. The highest BCUT2D eigenvalue weighted by Gasteiger charge is 2.22. The molecule has 3 heterocycles. The third-order valence-corrected chi connectivity index (χ3v) is 4.70. The van der Waals surface area contributed by atoms with Gasteiger partial charge in [-0.1, -0.05) is 6.07 Å². The third kappa shape index (κ3) is 3.08. The minimum absolute atomic E-state index is 0.326. The molecule has 102 valence electrons. The van der Waals surface area contributed by atoms with Gasteiger partial charge < -0.3 is 9.67 Å². The summed E-state index contributed by atoms with van der Waals surface area (Å²) in [6.45, 7) is 4.43. The van der Waals surface area contributed by atoms with Crippen LogP contribution in [0.4, 0.5) is 0 Å². The summed E-state index contributed by atoms with van der Waals surface area (Å²) in [6, 6.07) is 8.63. The van der Waals surface area contributed by atoms with E-state index in [0.29, 0.717) is 12.5 Å². The van der Waals surface area contributed by atoms with Gasteiger partial charge in [0.05, 0.1) is 6.54 Å². The van der Waals surface area contributed by atoms with E-state index in [1.54, 1.807) is 0 Å². The van der Waals surface area contributed by atoms with Crippen LogP contribution in [0.3, 0.4) is 0 Å². The SMILES string of the molecule is OCC1CCN(Cc2cccn2Cc2cccs2)C1. The van der Waals surface area contributed by atoms with Gasteiger partial charge in [0.1, 0.15) is 0 Å². The van der Waals surface area contributed by atoms with E-state index in [1.807, 2.05) is 11.3 Å². The highest BCUT2D eigenvalue weighted by Crippen LogP contribution is 2.19. The molecule has 0 saturated carbocycles. The molecule has 0 bridgehead atoms. The Morgan fingerprint density at radius 2 is 2.21 bits per heavy atom. The highest BCUT2D eigenvalue weighted by molar-refractivity contribution is 7.09. The number of hydrogen-bond acceptors (Lipinski definition) is 3. The molecule has 0 amide bonds. The van der Waals surface area contributed by atoms with Crippen LogP contribution in [0.25, 0.3) is 0 Å². The molecule has 0 radical (unpaired) electrons. The van der Waals surface area contributed by atoms with E-state index in [0.717, 1.165) is 32.6 Å². The van der Waals surface area contributed by atoms with E-state index >= 15 is 0 Å². The second kappa shape index (κ2) is 5.90. The Hall–Kier alpha value is -1.10. The zero-order valence-electron chi connectivity index (χ0n) is 11.0. The predicted octanol–water partition coefficient (Wildman–Crippen LogP) is 2.41. The second-order valence-electron chi connectivity index (χ2n) is 5.28. The van der Waals surface area contributed by atoms with Crippen LogP contribution in [0.1, 0.15) is 17.0 Å². The molecule has 0 aromatic carbocycles. The van der Waals surface area contributed by atoms with E-state index in [9.17, 15) is 5.11 Å². The highest BCUT2D eigenvalue weighted by atomic mass is 32.1. The Labute approximate surface area is 118 Å². The van der Waals surface area contributed by atoms with Crippen LogP contribution >= 0.6 is 11.3 Å². The molecule has 0 spiro atoms. The van der Waals surface area contributed by atoms with Crippen LogP contribution in [-0.4, -0.2) is 34.3 Å². The second-order valence-corrected chi connectivity index (χ2v) is 6.31. The molecule has 1 aliphatic rings. The summed E-state index contributed by atoms with van der Waals surface area (Å²) in [5.41, 5.74) is 1.37. The summed E-state index contributed by atoms with van der Waals surface area (Å²) < 4.78 is 2.33. The summed E-state index contributed by atoms with van der Waals surface area (Å²) in [5.74, 6) is 0.473. The van der Waals surface area contributed by atoms with Crippen molar-refractivity contribution in [1.82, 2.24) is 9.47 Å². The number of aliphatic hydroxyl groups is 1. The molecule has 19 heavy (non-hydrogen) atoms. The number of nitrogens with zero attached hydrogens (tertiary/aromatic N) is 2. The van der Waals surface area contributed by atoms with Gasteiger partial charge in [0.2, 0.25) is 0 Å². The average Bonchev–Trinajstić information content (AvgIpc) is 3.14. The molecule has 1 atom stereocenters. The minimum atomic E-state index is 0.326. The molecule has 1 saturated heterocycles. The maximum absolute atomic E-state index is 9.21. The van der Waals surface area contributed by atoms with Gasteiger partial charge in [0.15, 0.2) is 0 Å². The Balaban J connectivity index is 1.64. The van der Waals surface area contributed by atoms with Gasteiger partial charge in [-0.3, -0.25) is 4.90 Å². The largest absolute Gasteiger partial charge is 0.396 e. The zero-order chi connectivity index (χ0) is 13.1. The zero-order valence-corrected chi connectivity index (χ0v) is 11.9. The van der Waals surface area contributed by atoms with Crippen molar-refractivity contribution in [2.24, 2.45) is 5.92 Å². The van der Waals surface area contributed by atoms with Crippen molar-refractivity contribution in [3.63, 3.8) is 0 Å². The normalized spacial score (nSPS) is 20.2. The number of rotatable bonds is 5.